The van der Waals surface area contributed by atoms with Crippen LogP contribution in [-0.4, -0.2) is 92.2 Å². The molecule has 4 N–H and O–H groups in total. The van der Waals surface area contributed by atoms with Gasteiger partial charge in [-0.2, -0.15) is 0 Å². The van der Waals surface area contributed by atoms with Crippen LogP contribution in [0.5, 0.6) is 5.75 Å². The van der Waals surface area contributed by atoms with E-state index < -0.39 is 41.6 Å². The van der Waals surface area contributed by atoms with Gasteiger partial charge < -0.3 is 20.7 Å². The van der Waals surface area contributed by atoms with E-state index in [2.05, 4.69) is 31.6 Å². The standard InChI is InChI=1S/C45H44ClN9O9S/c46-24-39(59)54(41(35-12-7-23-65-35)43(61)48-22-20-28-8-2-1-3-9-28)31-16-14-29(15-17-31)49-36(56)13-4-5-21-47-38(58)26-53-25-30(51-52-53)27-64-34-11-6-10-32-40(34)45(63)55(44(32)62)33-18-19-37(57)50-42(33)60/h1-3,6-12,14-17,23,25,33,41H,4-5,13,18-22,24,26-27H2,(H,47,58)(H,48,61)(H,49,56)(H,50,57,60). The van der Waals surface area contributed by atoms with Crippen molar-refractivity contribution in [3.63, 3.8) is 0 Å². The van der Waals surface area contributed by atoms with Crippen molar-refractivity contribution in [1.82, 2.24) is 35.8 Å². The number of nitrogens with one attached hydrogen (secondary N) is 4. The summed E-state index contributed by atoms with van der Waals surface area (Å²) in [5.41, 5.74) is 2.42. The highest BCUT2D eigenvalue weighted by Gasteiger charge is 2.46. The Balaban J connectivity index is 0.836. The molecule has 0 radical (unpaired) electrons. The Kier molecular flexibility index (Phi) is 15.1. The number of piperidine rings is 1. The molecular weight excluding hydrogens is 878 g/mol. The van der Waals surface area contributed by atoms with Crippen molar-refractivity contribution in [1.29, 1.82) is 0 Å². The molecule has 1 fully saturated rings. The van der Waals surface area contributed by atoms with Gasteiger partial charge in [-0.05, 0) is 79.1 Å². The molecule has 65 heavy (non-hydrogen) atoms. The lowest BCUT2D eigenvalue weighted by Gasteiger charge is -2.30. The first-order valence-corrected chi connectivity index (χ1v) is 22.2. The van der Waals surface area contributed by atoms with Crippen LogP contribution in [0.2, 0.25) is 0 Å². The number of anilines is 2. The molecule has 5 aromatic rings. The Morgan fingerprint density at radius 3 is 2.43 bits per heavy atom. The number of benzene rings is 3. The van der Waals surface area contributed by atoms with Gasteiger partial charge in [0.1, 0.15) is 42.6 Å². The van der Waals surface area contributed by atoms with Gasteiger partial charge in [0.15, 0.2) is 0 Å². The highest BCUT2D eigenvalue weighted by molar-refractivity contribution is 7.10. The highest BCUT2D eigenvalue weighted by atomic mass is 35.5. The van der Waals surface area contributed by atoms with Gasteiger partial charge in [-0.3, -0.25) is 53.5 Å². The van der Waals surface area contributed by atoms with Crippen molar-refractivity contribution in [2.24, 2.45) is 0 Å². The number of aromatic nitrogens is 3. The van der Waals surface area contributed by atoms with Gasteiger partial charge in [0.2, 0.25) is 35.4 Å². The predicted octanol–water partition coefficient (Wildman–Crippen LogP) is 3.92. The minimum absolute atomic E-state index is 0.000353. The number of imide groups is 2. The van der Waals surface area contributed by atoms with E-state index in [1.165, 1.54) is 39.2 Å². The third-order valence-electron chi connectivity index (χ3n) is 10.5. The van der Waals surface area contributed by atoms with E-state index >= 15 is 0 Å². The molecule has 8 amide bonds. The van der Waals surface area contributed by atoms with Crippen molar-refractivity contribution < 1.29 is 43.1 Å². The van der Waals surface area contributed by atoms with Crippen molar-refractivity contribution in [3.05, 3.63) is 124 Å². The van der Waals surface area contributed by atoms with Crippen molar-refractivity contribution in [3.8, 4) is 5.75 Å². The summed E-state index contributed by atoms with van der Waals surface area (Å²) < 4.78 is 7.16. The van der Waals surface area contributed by atoms with Gasteiger partial charge in [0.25, 0.3) is 11.8 Å². The Hall–Kier alpha value is -7.25. The zero-order chi connectivity index (χ0) is 45.9. The molecule has 3 aromatic carbocycles. The zero-order valence-electron chi connectivity index (χ0n) is 34.9. The fourth-order valence-corrected chi connectivity index (χ4v) is 8.34. The minimum atomic E-state index is -1.11. The number of amides is 8. The van der Waals surface area contributed by atoms with E-state index in [-0.39, 0.29) is 72.9 Å². The summed E-state index contributed by atoms with van der Waals surface area (Å²) in [6.45, 7) is 0.407. The van der Waals surface area contributed by atoms with Crippen LogP contribution in [0.1, 0.15) is 75.0 Å². The molecule has 0 aliphatic carbocycles. The molecule has 2 aliphatic rings. The Bertz CT molecular complexity index is 2570. The van der Waals surface area contributed by atoms with Crippen LogP contribution in [0.3, 0.4) is 0 Å². The average molecular weight is 922 g/mol. The summed E-state index contributed by atoms with van der Waals surface area (Å²) in [5.74, 6) is -4.17. The monoisotopic (exact) mass is 921 g/mol. The normalized spacial score (nSPS) is 14.9. The van der Waals surface area contributed by atoms with E-state index in [4.69, 9.17) is 16.3 Å². The van der Waals surface area contributed by atoms with Crippen molar-refractivity contribution in [2.75, 3.05) is 29.2 Å². The van der Waals surface area contributed by atoms with Gasteiger partial charge in [0.05, 0.1) is 17.3 Å². The summed E-state index contributed by atoms with van der Waals surface area (Å²) in [5, 5.41) is 20.6. The molecule has 2 unspecified atom stereocenters. The van der Waals surface area contributed by atoms with E-state index in [9.17, 15) is 38.4 Å². The molecule has 7 rings (SSSR count). The zero-order valence-corrected chi connectivity index (χ0v) is 36.4. The maximum absolute atomic E-state index is 13.6. The van der Waals surface area contributed by atoms with E-state index in [1.807, 2.05) is 41.8 Å². The summed E-state index contributed by atoms with van der Waals surface area (Å²) >= 11 is 7.40. The van der Waals surface area contributed by atoms with Crippen LogP contribution in [0.15, 0.2) is 96.5 Å². The number of hydrogen-bond donors (Lipinski definition) is 4. The number of halogens is 1. The van der Waals surface area contributed by atoms with Crippen LogP contribution in [0.25, 0.3) is 0 Å². The molecule has 0 spiro atoms. The van der Waals surface area contributed by atoms with E-state index in [0.29, 0.717) is 54.3 Å². The molecule has 2 aliphatic heterocycles. The number of thiophene rings is 1. The summed E-state index contributed by atoms with van der Waals surface area (Å²) in [7, 11) is 0. The predicted molar refractivity (Wildman–Crippen MR) is 238 cm³/mol. The number of nitrogens with zero attached hydrogens (tertiary/aromatic N) is 5. The number of carbonyl (C=O) groups excluding carboxylic acids is 8. The molecule has 18 nitrogen and oxygen atoms in total. The van der Waals surface area contributed by atoms with Crippen LogP contribution in [-0.2, 0) is 48.3 Å². The number of ether oxygens (including phenoxy) is 1. The first-order valence-electron chi connectivity index (χ1n) is 20.8. The SMILES string of the molecule is O=C(Cn1cc(COc2cccc3c2C(=O)N(C2CCC(=O)NC2=O)C3=O)nn1)NCCCCC(=O)Nc1ccc(N(C(=O)CCl)C(C(=O)NCCc2ccccc2)c2cccs2)cc1. The average Bonchev–Trinajstić information content (AvgIpc) is 4.06. The van der Waals surface area contributed by atoms with Crippen LogP contribution in [0.4, 0.5) is 11.4 Å². The lowest BCUT2D eigenvalue weighted by molar-refractivity contribution is -0.136. The lowest BCUT2D eigenvalue weighted by Crippen LogP contribution is -2.54. The third-order valence-corrected chi connectivity index (χ3v) is 11.7. The second-order valence-electron chi connectivity index (χ2n) is 15.1. The first kappa shape index (κ1) is 45.8. The van der Waals surface area contributed by atoms with Crippen LogP contribution in [0, 0.1) is 0 Å². The Labute approximate surface area is 381 Å². The summed E-state index contributed by atoms with van der Waals surface area (Å²) in [6, 6.07) is 22.4. The van der Waals surface area contributed by atoms with Crippen molar-refractivity contribution >= 4 is 81.6 Å². The van der Waals surface area contributed by atoms with Crippen LogP contribution >= 0.6 is 22.9 Å². The molecule has 4 heterocycles. The molecule has 2 aromatic heterocycles. The van der Waals surface area contributed by atoms with Gasteiger partial charge in [-0.15, -0.1) is 28.0 Å². The second-order valence-corrected chi connectivity index (χ2v) is 16.3. The Morgan fingerprint density at radius 2 is 1.69 bits per heavy atom. The quantitative estimate of drug-likeness (QED) is 0.0497. The smallest absolute Gasteiger partial charge is 0.266 e. The number of hydrogen-bond acceptors (Lipinski definition) is 12. The van der Waals surface area contributed by atoms with Gasteiger partial charge in [-0.1, -0.05) is 47.7 Å². The minimum Gasteiger partial charge on any atom is -0.486 e. The molecule has 20 heteroatoms. The first-order chi connectivity index (χ1) is 31.5. The molecular formula is C45H44ClN9O9S. The van der Waals surface area contributed by atoms with E-state index in [1.54, 1.807) is 36.4 Å². The van der Waals surface area contributed by atoms with Gasteiger partial charge in [0, 0.05) is 42.2 Å². The maximum atomic E-state index is 13.6. The van der Waals surface area contributed by atoms with E-state index in [0.717, 1.165) is 10.5 Å². The second kappa shape index (κ2) is 21.4. The Morgan fingerprint density at radius 1 is 0.892 bits per heavy atom. The topological polar surface area (TPSA) is 231 Å². The summed E-state index contributed by atoms with van der Waals surface area (Å²) in [4.78, 5) is 106. The fraction of sp³-hybridized carbons (Fsp3) is 0.289. The maximum Gasteiger partial charge on any atom is 0.266 e. The molecule has 0 bridgehead atoms. The number of unbranched alkanes of at least 4 members (excludes halogenated alkanes) is 1. The molecule has 336 valence electrons. The number of fused-ring (bicyclic) bond motifs is 1. The molecule has 0 saturated carbocycles. The number of carbonyl (C=O) groups is 8. The van der Waals surface area contributed by atoms with Crippen LogP contribution < -0.4 is 30.9 Å². The summed E-state index contributed by atoms with van der Waals surface area (Å²) in [6.07, 6.45) is 3.34. The number of rotatable bonds is 20. The van der Waals surface area contributed by atoms with Gasteiger partial charge in [-0.25, -0.2) is 4.68 Å². The van der Waals surface area contributed by atoms with Gasteiger partial charge >= 0.3 is 0 Å². The third kappa shape index (κ3) is 11.3. The molecule has 2 atom stereocenters. The number of alkyl halides is 1. The highest BCUT2D eigenvalue weighted by Crippen LogP contribution is 2.35. The van der Waals surface area contributed by atoms with Crippen molar-refractivity contribution in [2.45, 2.75) is 63.8 Å². The molecule has 1 saturated heterocycles. The largest absolute Gasteiger partial charge is 0.486 e. The fourth-order valence-electron chi connectivity index (χ4n) is 7.40. The lowest BCUT2D eigenvalue weighted by atomic mass is 10.0.